The van der Waals surface area contributed by atoms with Crippen molar-refractivity contribution in [1.82, 2.24) is 10.1 Å². The van der Waals surface area contributed by atoms with Gasteiger partial charge in [-0.15, -0.1) is 0 Å². The molecule has 0 aliphatic rings. The summed E-state index contributed by atoms with van der Waals surface area (Å²) in [6.07, 6.45) is 0. The summed E-state index contributed by atoms with van der Waals surface area (Å²) >= 11 is 5.93. The Morgan fingerprint density at radius 1 is 1.05 bits per heavy atom. The van der Waals surface area contributed by atoms with Gasteiger partial charge in [-0.05, 0) is 17.7 Å². The average molecular weight is 286 g/mol. The predicted molar refractivity (Wildman–Crippen MR) is 78.5 cm³/mol. The van der Waals surface area contributed by atoms with Crippen LogP contribution in [-0.2, 0) is 6.54 Å². The van der Waals surface area contributed by atoms with Crippen molar-refractivity contribution in [3.05, 3.63) is 65.2 Å². The zero-order valence-electron chi connectivity index (χ0n) is 10.6. The number of hydrogen-bond donors (Lipinski definition) is 1. The Labute approximate surface area is 121 Å². The molecule has 2 aromatic carbocycles. The lowest BCUT2D eigenvalue weighted by Crippen LogP contribution is -1.99. The van der Waals surface area contributed by atoms with Gasteiger partial charge in [-0.3, -0.25) is 0 Å². The largest absolute Gasteiger partial charge is 0.334 e. The number of rotatable bonds is 4. The standard InChI is InChI=1S/C15H12ClN3O/c16-13-8-4-5-11(9-13)10-17-15-18-14(19-20-15)12-6-2-1-3-7-12/h1-9H,10H2,(H,17,18,19). The lowest BCUT2D eigenvalue weighted by molar-refractivity contribution is 0.432. The van der Waals surface area contributed by atoms with Crippen molar-refractivity contribution in [2.45, 2.75) is 6.54 Å². The van der Waals surface area contributed by atoms with Crippen molar-refractivity contribution in [1.29, 1.82) is 0 Å². The Morgan fingerprint density at radius 2 is 1.90 bits per heavy atom. The Morgan fingerprint density at radius 3 is 2.70 bits per heavy atom. The highest BCUT2D eigenvalue weighted by Crippen LogP contribution is 2.17. The van der Waals surface area contributed by atoms with Crippen molar-refractivity contribution in [3.8, 4) is 11.4 Å². The fourth-order valence-electron chi connectivity index (χ4n) is 1.82. The molecule has 1 aromatic heterocycles. The van der Waals surface area contributed by atoms with Gasteiger partial charge in [0.25, 0.3) is 0 Å². The Balaban J connectivity index is 1.69. The van der Waals surface area contributed by atoms with Gasteiger partial charge in [0, 0.05) is 17.1 Å². The average Bonchev–Trinajstić information content (AvgIpc) is 2.95. The second kappa shape index (κ2) is 5.75. The van der Waals surface area contributed by atoms with Crippen molar-refractivity contribution in [3.63, 3.8) is 0 Å². The van der Waals surface area contributed by atoms with Crippen LogP contribution < -0.4 is 5.32 Å². The van der Waals surface area contributed by atoms with E-state index in [2.05, 4.69) is 15.5 Å². The molecule has 0 radical (unpaired) electrons. The van der Waals surface area contributed by atoms with Gasteiger partial charge in [-0.1, -0.05) is 59.2 Å². The predicted octanol–water partition coefficient (Wildman–Crippen LogP) is 4.00. The molecule has 1 heterocycles. The first-order chi connectivity index (χ1) is 9.81. The van der Waals surface area contributed by atoms with Crippen LogP contribution in [0.15, 0.2) is 59.1 Å². The number of nitrogens with one attached hydrogen (secondary N) is 1. The Bertz CT molecular complexity index is 697. The van der Waals surface area contributed by atoms with Crippen LogP contribution in [0.1, 0.15) is 5.56 Å². The highest BCUT2D eigenvalue weighted by atomic mass is 35.5. The zero-order valence-corrected chi connectivity index (χ0v) is 11.3. The summed E-state index contributed by atoms with van der Waals surface area (Å²) in [7, 11) is 0. The van der Waals surface area contributed by atoms with E-state index in [1.54, 1.807) is 0 Å². The molecule has 0 spiro atoms. The fraction of sp³-hybridized carbons (Fsp3) is 0.0667. The van der Waals surface area contributed by atoms with E-state index < -0.39 is 0 Å². The molecule has 5 heteroatoms. The van der Waals surface area contributed by atoms with E-state index in [4.69, 9.17) is 16.1 Å². The van der Waals surface area contributed by atoms with Gasteiger partial charge >= 0.3 is 6.01 Å². The summed E-state index contributed by atoms with van der Waals surface area (Å²) in [4.78, 5) is 4.30. The topological polar surface area (TPSA) is 51.0 Å². The van der Waals surface area contributed by atoms with Gasteiger partial charge < -0.3 is 9.84 Å². The van der Waals surface area contributed by atoms with Crippen molar-refractivity contribution >= 4 is 17.6 Å². The molecule has 0 fully saturated rings. The molecule has 0 unspecified atom stereocenters. The van der Waals surface area contributed by atoms with E-state index in [0.29, 0.717) is 23.4 Å². The summed E-state index contributed by atoms with van der Waals surface area (Å²) < 4.78 is 5.17. The monoisotopic (exact) mass is 285 g/mol. The number of halogens is 1. The van der Waals surface area contributed by atoms with Gasteiger partial charge in [0.05, 0.1) is 0 Å². The molecule has 0 atom stereocenters. The molecule has 0 bridgehead atoms. The van der Waals surface area contributed by atoms with Gasteiger partial charge in [0.1, 0.15) is 0 Å². The Kier molecular flexibility index (Phi) is 3.65. The van der Waals surface area contributed by atoms with Crippen LogP contribution in [0.5, 0.6) is 0 Å². The molecular formula is C15H12ClN3O. The number of nitrogens with zero attached hydrogens (tertiary/aromatic N) is 2. The summed E-state index contributed by atoms with van der Waals surface area (Å²) in [5, 5.41) is 7.73. The smallest absolute Gasteiger partial charge is 0.322 e. The minimum Gasteiger partial charge on any atom is -0.334 e. The molecule has 100 valence electrons. The Hall–Kier alpha value is -2.33. The van der Waals surface area contributed by atoms with Crippen LogP contribution in [0.4, 0.5) is 6.01 Å². The van der Waals surface area contributed by atoms with Gasteiger partial charge in [0.15, 0.2) is 0 Å². The van der Waals surface area contributed by atoms with E-state index in [9.17, 15) is 0 Å². The third-order valence-electron chi connectivity index (χ3n) is 2.79. The first-order valence-corrected chi connectivity index (χ1v) is 6.56. The summed E-state index contributed by atoms with van der Waals surface area (Å²) in [5.74, 6) is 0.569. The van der Waals surface area contributed by atoms with Gasteiger partial charge in [-0.2, -0.15) is 4.98 Å². The van der Waals surface area contributed by atoms with Crippen LogP contribution in [0, 0.1) is 0 Å². The maximum absolute atomic E-state index is 5.93. The third-order valence-corrected chi connectivity index (χ3v) is 3.03. The van der Waals surface area contributed by atoms with Gasteiger partial charge in [0.2, 0.25) is 5.82 Å². The van der Waals surface area contributed by atoms with Crippen molar-refractivity contribution < 1.29 is 4.52 Å². The second-order valence-electron chi connectivity index (χ2n) is 4.27. The van der Waals surface area contributed by atoms with E-state index in [1.165, 1.54) is 0 Å². The molecule has 3 aromatic rings. The van der Waals surface area contributed by atoms with Crippen LogP contribution >= 0.6 is 11.6 Å². The molecule has 3 rings (SSSR count). The normalized spacial score (nSPS) is 10.4. The molecule has 0 saturated heterocycles. The van der Waals surface area contributed by atoms with Crippen LogP contribution in [0.3, 0.4) is 0 Å². The summed E-state index contributed by atoms with van der Waals surface area (Å²) in [5.41, 5.74) is 1.98. The SMILES string of the molecule is Clc1cccc(CNc2nc(-c3ccccc3)no2)c1. The molecule has 0 aliphatic heterocycles. The molecule has 0 aliphatic carbocycles. The number of benzene rings is 2. The van der Waals surface area contributed by atoms with Crippen molar-refractivity contribution in [2.24, 2.45) is 0 Å². The van der Waals surface area contributed by atoms with E-state index in [1.807, 2.05) is 54.6 Å². The maximum Gasteiger partial charge on any atom is 0.322 e. The molecule has 1 N–H and O–H groups in total. The zero-order chi connectivity index (χ0) is 13.8. The van der Waals surface area contributed by atoms with Crippen LogP contribution in [-0.4, -0.2) is 10.1 Å². The minimum absolute atomic E-state index is 0.392. The molecule has 0 saturated carbocycles. The summed E-state index contributed by atoms with van der Waals surface area (Å²) in [6, 6.07) is 17.7. The fourth-order valence-corrected chi connectivity index (χ4v) is 2.04. The third kappa shape index (κ3) is 2.97. The van der Waals surface area contributed by atoms with Crippen LogP contribution in [0.2, 0.25) is 5.02 Å². The minimum atomic E-state index is 0.392. The van der Waals surface area contributed by atoms with Crippen molar-refractivity contribution in [2.75, 3.05) is 5.32 Å². The highest BCUT2D eigenvalue weighted by molar-refractivity contribution is 6.30. The van der Waals surface area contributed by atoms with E-state index in [-0.39, 0.29) is 0 Å². The van der Waals surface area contributed by atoms with Gasteiger partial charge in [-0.25, -0.2) is 0 Å². The molecule has 0 amide bonds. The highest BCUT2D eigenvalue weighted by Gasteiger charge is 2.07. The lowest BCUT2D eigenvalue weighted by atomic mass is 10.2. The first kappa shape index (κ1) is 12.7. The lowest BCUT2D eigenvalue weighted by Gasteiger charge is -2.01. The first-order valence-electron chi connectivity index (χ1n) is 6.19. The summed E-state index contributed by atoms with van der Waals surface area (Å²) in [6.45, 7) is 0.580. The van der Waals surface area contributed by atoms with Crippen LogP contribution in [0.25, 0.3) is 11.4 Å². The molecule has 4 nitrogen and oxygen atoms in total. The number of aromatic nitrogens is 2. The number of anilines is 1. The maximum atomic E-state index is 5.93. The molecular weight excluding hydrogens is 274 g/mol. The second-order valence-corrected chi connectivity index (χ2v) is 4.71. The quantitative estimate of drug-likeness (QED) is 0.787. The van der Waals surface area contributed by atoms with E-state index in [0.717, 1.165) is 11.1 Å². The number of hydrogen-bond acceptors (Lipinski definition) is 4. The van der Waals surface area contributed by atoms with E-state index >= 15 is 0 Å². The molecule has 20 heavy (non-hydrogen) atoms.